The lowest BCUT2D eigenvalue weighted by atomic mass is 10.2. The van der Waals surface area contributed by atoms with Gasteiger partial charge in [0.05, 0.1) is 21.5 Å². The zero-order chi connectivity index (χ0) is 14.0. The second-order valence-corrected chi connectivity index (χ2v) is 5.02. The highest BCUT2D eigenvalue weighted by molar-refractivity contribution is 9.10. The molecule has 2 aromatic rings. The minimum atomic E-state index is -0.551. The predicted octanol–water partition coefficient (Wildman–Crippen LogP) is 4.51. The summed E-state index contributed by atoms with van der Waals surface area (Å²) >= 11 is 9.07. The minimum absolute atomic E-state index is 0.00688. The average Bonchev–Trinajstić information content (AvgIpc) is 2.32. The molecule has 0 atom stereocenters. The number of benzene rings is 1. The summed E-state index contributed by atoms with van der Waals surface area (Å²) in [4.78, 5) is 14.1. The normalized spacial score (nSPS) is 10.3. The number of ether oxygens (including phenoxy) is 1. The number of pyridine rings is 1. The molecule has 0 radical (unpaired) electrons. The Kier molecular flexibility index (Phi) is 4.01. The summed E-state index contributed by atoms with van der Waals surface area (Å²) in [7, 11) is 0. The van der Waals surface area contributed by atoms with Crippen LogP contribution in [0.5, 0.6) is 11.6 Å². The minimum Gasteiger partial charge on any atom is -0.438 e. The van der Waals surface area contributed by atoms with Gasteiger partial charge in [0.25, 0.3) is 5.69 Å². The number of hydrogen-bond donors (Lipinski definition) is 0. The summed E-state index contributed by atoms with van der Waals surface area (Å²) < 4.78 is 6.22. The van der Waals surface area contributed by atoms with Crippen molar-refractivity contribution in [2.75, 3.05) is 0 Å². The molecule has 0 fully saturated rings. The molecular weight excluding hydrogens is 336 g/mol. The summed E-state index contributed by atoms with van der Waals surface area (Å²) in [6.07, 6.45) is 0. The van der Waals surface area contributed by atoms with Crippen LogP contribution in [-0.4, -0.2) is 9.91 Å². The van der Waals surface area contributed by atoms with Gasteiger partial charge in [-0.1, -0.05) is 17.7 Å². The molecule has 5 nitrogen and oxygen atoms in total. The zero-order valence-corrected chi connectivity index (χ0v) is 12.1. The summed E-state index contributed by atoms with van der Waals surface area (Å²) in [6.45, 7) is 1.94. The fraction of sp³-hybridized carbons (Fsp3) is 0.0833. The number of halogens is 2. The van der Waals surface area contributed by atoms with Gasteiger partial charge >= 0.3 is 0 Å². The summed E-state index contributed by atoms with van der Waals surface area (Å²) in [5.74, 6) is 0.582. The Morgan fingerprint density at radius 3 is 2.74 bits per heavy atom. The van der Waals surface area contributed by atoms with E-state index in [0.717, 1.165) is 10.0 Å². The van der Waals surface area contributed by atoms with Crippen molar-refractivity contribution in [3.63, 3.8) is 0 Å². The highest BCUT2D eigenvalue weighted by Gasteiger charge is 2.12. The first-order valence-corrected chi connectivity index (χ1v) is 6.39. The molecule has 0 saturated heterocycles. The maximum Gasteiger partial charge on any atom is 0.277 e. The molecule has 0 N–H and O–H groups in total. The van der Waals surface area contributed by atoms with Crippen LogP contribution in [0.3, 0.4) is 0 Å². The molecule has 0 amide bonds. The van der Waals surface area contributed by atoms with Crippen LogP contribution in [0.25, 0.3) is 0 Å². The molecule has 0 aliphatic carbocycles. The molecule has 2 rings (SSSR count). The van der Waals surface area contributed by atoms with E-state index in [1.807, 2.05) is 19.1 Å². The third kappa shape index (κ3) is 3.42. The van der Waals surface area contributed by atoms with Crippen LogP contribution >= 0.6 is 27.5 Å². The lowest BCUT2D eigenvalue weighted by Gasteiger charge is -2.07. The Balaban J connectivity index is 2.35. The maximum absolute atomic E-state index is 10.7. The van der Waals surface area contributed by atoms with Crippen molar-refractivity contribution >= 4 is 33.2 Å². The maximum atomic E-state index is 10.7. The lowest BCUT2D eigenvalue weighted by Crippen LogP contribution is -1.93. The smallest absolute Gasteiger partial charge is 0.277 e. The van der Waals surface area contributed by atoms with Crippen LogP contribution in [0.4, 0.5) is 5.69 Å². The molecule has 1 aromatic heterocycles. The third-order valence-electron chi connectivity index (χ3n) is 2.27. The quantitative estimate of drug-likeness (QED) is 0.467. The highest BCUT2D eigenvalue weighted by atomic mass is 79.9. The number of hydrogen-bond acceptors (Lipinski definition) is 4. The monoisotopic (exact) mass is 342 g/mol. The first-order valence-electron chi connectivity index (χ1n) is 5.21. The molecular formula is C12H8BrClN2O3. The number of rotatable bonds is 3. The highest BCUT2D eigenvalue weighted by Crippen LogP contribution is 2.31. The van der Waals surface area contributed by atoms with Gasteiger partial charge in [0, 0.05) is 0 Å². The zero-order valence-electron chi connectivity index (χ0n) is 9.76. The predicted molar refractivity (Wildman–Crippen MR) is 74.9 cm³/mol. The number of nitro groups is 1. The molecule has 19 heavy (non-hydrogen) atoms. The summed E-state index contributed by atoms with van der Waals surface area (Å²) in [5, 5.41) is 10.7. The van der Waals surface area contributed by atoms with Crippen molar-refractivity contribution < 1.29 is 9.66 Å². The number of nitrogens with zero attached hydrogens (tertiary/aromatic N) is 2. The van der Waals surface area contributed by atoms with Crippen LogP contribution < -0.4 is 4.74 Å². The standard InChI is InChI=1S/C12H8BrClN2O3/c1-7-2-3-10(9(13)4-7)19-12-6-8(16(17)18)5-11(14)15-12/h2-6H,1H3. The van der Waals surface area contributed by atoms with Crippen LogP contribution in [-0.2, 0) is 0 Å². The number of aryl methyl sites for hydroxylation is 1. The number of aromatic nitrogens is 1. The van der Waals surface area contributed by atoms with Gasteiger partial charge in [0.15, 0.2) is 0 Å². The molecule has 1 aromatic carbocycles. The van der Waals surface area contributed by atoms with E-state index in [1.165, 1.54) is 12.1 Å². The van der Waals surface area contributed by atoms with Gasteiger partial charge in [-0.2, -0.15) is 0 Å². The van der Waals surface area contributed by atoms with Gasteiger partial charge in [0.1, 0.15) is 10.9 Å². The molecule has 7 heteroatoms. The van der Waals surface area contributed by atoms with Crippen LogP contribution in [0.2, 0.25) is 5.15 Å². The van der Waals surface area contributed by atoms with Crippen molar-refractivity contribution in [1.29, 1.82) is 0 Å². The summed E-state index contributed by atoms with van der Waals surface area (Å²) in [5.41, 5.74) is 0.891. The molecule has 0 bridgehead atoms. The molecule has 0 saturated carbocycles. The van der Waals surface area contributed by atoms with E-state index in [-0.39, 0.29) is 16.7 Å². The van der Waals surface area contributed by atoms with E-state index in [4.69, 9.17) is 16.3 Å². The Bertz CT molecular complexity index is 649. The van der Waals surface area contributed by atoms with E-state index < -0.39 is 4.92 Å². The molecule has 0 aliphatic heterocycles. The van der Waals surface area contributed by atoms with E-state index in [0.29, 0.717) is 5.75 Å². The molecule has 0 unspecified atom stereocenters. The summed E-state index contributed by atoms with van der Waals surface area (Å²) in [6, 6.07) is 7.86. The molecule has 98 valence electrons. The van der Waals surface area contributed by atoms with Crippen LogP contribution in [0, 0.1) is 17.0 Å². The van der Waals surface area contributed by atoms with E-state index in [9.17, 15) is 10.1 Å². The van der Waals surface area contributed by atoms with Gasteiger partial charge in [-0.3, -0.25) is 10.1 Å². The van der Waals surface area contributed by atoms with Crippen LogP contribution in [0.15, 0.2) is 34.8 Å². The molecule has 1 heterocycles. The fourth-order valence-electron chi connectivity index (χ4n) is 1.42. The second kappa shape index (κ2) is 5.54. The third-order valence-corrected chi connectivity index (χ3v) is 3.08. The Hall–Kier alpha value is -1.66. The van der Waals surface area contributed by atoms with Crippen molar-refractivity contribution in [3.8, 4) is 11.6 Å². The van der Waals surface area contributed by atoms with Crippen molar-refractivity contribution in [2.45, 2.75) is 6.92 Å². The second-order valence-electron chi connectivity index (χ2n) is 3.78. The van der Waals surface area contributed by atoms with Gasteiger partial charge in [-0.05, 0) is 40.5 Å². The van der Waals surface area contributed by atoms with Gasteiger partial charge < -0.3 is 4.74 Å². The SMILES string of the molecule is Cc1ccc(Oc2cc([N+](=O)[O-])cc(Cl)n2)c(Br)c1. The van der Waals surface area contributed by atoms with Gasteiger partial charge in [-0.25, -0.2) is 4.98 Å². The Labute approximate surface area is 122 Å². The Morgan fingerprint density at radius 1 is 1.37 bits per heavy atom. The molecule has 0 spiro atoms. The lowest BCUT2D eigenvalue weighted by molar-refractivity contribution is -0.385. The van der Waals surface area contributed by atoms with Gasteiger partial charge in [-0.15, -0.1) is 0 Å². The molecule has 0 aliphatic rings. The first kappa shape index (κ1) is 13.8. The largest absolute Gasteiger partial charge is 0.438 e. The van der Waals surface area contributed by atoms with Gasteiger partial charge in [0.2, 0.25) is 5.88 Å². The van der Waals surface area contributed by atoms with E-state index in [2.05, 4.69) is 20.9 Å². The first-order chi connectivity index (χ1) is 8.95. The fourth-order valence-corrected chi connectivity index (χ4v) is 2.19. The Morgan fingerprint density at radius 2 is 2.11 bits per heavy atom. The van der Waals surface area contributed by atoms with Crippen molar-refractivity contribution in [2.24, 2.45) is 0 Å². The topological polar surface area (TPSA) is 65.3 Å². The van der Waals surface area contributed by atoms with Crippen molar-refractivity contribution in [3.05, 3.63) is 55.6 Å². The van der Waals surface area contributed by atoms with E-state index >= 15 is 0 Å². The van der Waals surface area contributed by atoms with Crippen molar-refractivity contribution in [1.82, 2.24) is 4.98 Å². The average molecular weight is 344 g/mol. The van der Waals surface area contributed by atoms with Crippen LogP contribution in [0.1, 0.15) is 5.56 Å². The van der Waals surface area contributed by atoms with E-state index in [1.54, 1.807) is 6.07 Å².